The van der Waals surface area contributed by atoms with Gasteiger partial charge in [0.25, 0.3) is 0 Å². The fraction of sp³-hybridized carbons (Fsp3) is 0.364. The number of rotatable bonds is 9. The summed E-state index contributed by atoms with van der Waals surface area (Å²) in [6, 6.07) is 13.2. The lowest BCUT2D eigenvalue weighted by molar-refractivity contribution is 0.0526. The Morgan fingerprint density at radius 2 is 1.90 bits per heavy atom. The molecule has 0 aliphatic heterocycles. The minimum Gasteiger partial charge on any atom is -0.491 e. The molecule has 0 unspecified atom stereocenters. The maximum atomic E-state index is 11.9. The molecule has 0 atom stereocenters. The number of benzene rings is 2. The zero-order valence-electron chi connectivity index (χ0n) is 17.0. The Kier molecular flexibility index (Phi) is 9.22. The van der Waals surface area contributed by atoms with Gasteiger partial charge in [-0.15, -0.1) is 0 Å². The highest BCUT2D eigenvalue weighted by atomic mass is 35.5. The average molecular weight is 435 g/mol. The molecule has 0 aromatic heterocycles. The van der Waals surface area contributed by atoms with Crippen molar-refractivity contribution >= 4 is 40.6 Å². The lowest BCUT2D eigenvalue weighted by Crippen LogP contribution is -2.29. The van der Waals surface area contributed by atoms with Gasteiger partial charge < -0.3 is 20.1 Å². The van der Waals surface area contributed by atoms with Crippen LogP contribution in [0.1, 0.15) is 43.1 Å². The highest BCUT2D eigenvalue weighted by Gasteiger charge is 2.12. The van der Waals surface area contributed by atoms with Gasteiger partial charge in [-0.05, 0) is 81.7 Å². The molecule has 0 aliphatic carbocycles. The fourth-order valence-corrected chi connectivity index (χ4v) is 3.06. The molecule has 0 fully saturated rings. The van der Waals surface area contributed by atoms with E-state index in [1.165, 1.54) is 5.56 Å². The third-order valence-corrected chi connectivity index (χ3v) is 4.52. The minimum atomic E-state index is -0.454. The largest absolute Gasteiger partial charge is 0.491 e. The third-order valence-electron chi connectivity index (χ3n) is 3.94. The summed E-state index contributed by atoms with van der Waals surface area (Å²) in [6.45, 7) is 6.80. The van der Waals surface area contributed by atoms with Crippen molar-refractivity contribution in [2.24, 2.45) is 0 Å². The summed E-state index contributed by atoms with van der Waals surface area (Å²) in [6.07, 6.45) is 2.04. The van der Waals surface area contributed by atoms with Crippen molar-refractivity contribution in [3.63, 3.8) is 0 Å². The molecular weight excluding hydrogens is 408 g/mol. The molecule has 0 saturated carbocycles. The first-order chi connectivity index (χ1) is 13.9. The van der Waals surface area contributed by atoms with Gasteiger partial charge in [0.05, 0.1) is 23.3 Å². The minimum absolute atomic E-state index is 0.174. The smallest absolute Gasteiger partial charge is 0.339 e. The summed E-state index contributed by atoms with van der Waals surface area (Å²) in [5.74, 6) is 0.433. The molecule has 0 heterocycles. The van der Waals surface area contributed by atoms with Crippen LogP contribution in [0.2, 0.25) is 5.02 Å². The number of thiocarbonyl (C=S) groups is 1. The van der Waals surface area contributed by atoms with Crippen LogP contribution in [0, 0.1) is 0 Å². The van der Waals surface area contributed by atoms with E-state index in [1.807, 2.05) is 26.0 Å². The Bertz CT molecular complexity index is 825. The van der Waals surface area contributed by atoms with Gasteiger partial charge in [-0.25, -0.2) is 4.79 Å². The number of carbonyl (C=O) groups excluding carboxylic acids is 1. The van der Waals surface area contributed by atoms with Crippen molar-refractivity contribution in [1.82, 2.24) is 5.32 Å². The van der Waals surface area contributed by atoms with Gasteiger partial charge >= 0.3 is 5.97 Å². The van der Waals surface area contributed by atoms with E-state index < -0.39 is 5.97 Å². The van der Waals surface area contributed by atoms with Crippen molar-refractivity contribution in [3.8, 4) is 5.75 Å². The molecule has 5 nitrogen and oxygen atoms in total. The molecule has 0 radical (unpaired) electrons. The van der Waals surface area contributed by atoms with Gasteiger partial charge in [-0.3, -0.25) is 0 Å². The van der Waals surface area contributed by atoms with E-state index in [0.29, 0.717) is 28.0 Å². The van der Waals surface area contributed by atoms with Crippen molar-refractivity contribution in [1.29, 1.82) is 0 Å². The number of esters is 1. The maximum absolute atomic E-state index is 11.9. The summed E-state index contributed by atoms with van der Waals surface area (Å²) in [7, 11) is 0. The Labute approximate surface area is 182 Å². The zero-order valence-corrected chi connectivity index (χ0v) is 18.5. The van der Waals surface area contributed by atoms with Gasteiger partial charge in [0.2, 0.25) is 0 Å². The van der Waals surface area contributed by atoms with Crippen LogP contribution in [-0.2, 0) is 11.2 Å². The first kappa shape index (κ1) is 23.0. The Hall–Kier alpha value is -2.31. The third kappa shape index (κ3) is 7.91. The van der Waals surface area contributed by atoms with Crippen LogP contribution in [0.3, 0.4) is 0 Å². The van der Waals surface area contributed by atoms with Crippen LogP contribution in [0.4, 0.5) is 5.69 Å². The number of hydrogen-bond acceptors (Lipinski definition) is 4. The second kappa shape index (κ2) is 11.6. The van der Waals surface area contributed by atoms with E-state index in [4.69, 9.17) is 33.3 Å². The highest BCUT2D eigenvalue weighted by molar-refractivity contribution is 7.80. The lowest BCUT2D eigenvalue weighted by atomic mass is 10.1. The van der Waals surface area contributed by atoms with Crippen LogP contribution < -0.4 is 15.4 Å². The maximum Gasteiger partial charge on any atom is 0.339 e. The van der Waals surface area contributed by atoms with Crippen molar-refractivity contribution < 1.29 is 14.3 Å². The van der Waals surface area contributed by atoms with Crippen molar-refractivity contribution in [2.75, 3.05) is 18.5 Å². The second-order valence-corrected chi connectivity index (χ2v) is 7.53. The topological polar surface area (TPSA) is 59.6 Å². The van der Waals surface area contributed by atoms with Gasteiger partial charge in [-0.1, -0.05) is 23.7 Å². The molecule has 7 heteroatoms. The second-order valence-electron chi connectivity index (χ2n) is 6.71. The SMILES string of the molecule is CCOC(=O)c1cc(NC(=S)NCCCc2ccc(OC(C)C)cc2)ccc1Cl. The van der Waals surface area contributed by atoms with Crippen LogP contribution in [0.25, 0.3) is 0 Å². The van der Waals surface area contributed by atoms with Crippen molar-refractivity contribution in [3.05, 3.63) is 58.6 Å². The summed E-state index contributed by atoms with van der Waals surface area (Å²) in [5, 5.41) is 7.08. The standard InChI is InChI=1S/C22H27ClN2O3S/c1-4-27-21(26)19-14-17(9-12-20(19)23)25-22(29)24-13-5-6-16-7-10-18(11-8-16)28-15(2)3/h7-12,14-15H,4-6,13H2,1-3H3,(H2,24,25,29). The summed E-state index contributed by atoms with van der Waals surface area (Å²) >= 11 is 11.4. The number of anilines is 1. The first-order valence-corrected chi connectivity index (χ1v) is 10.4. The summed E-state index contributed by atoms with van der Waals surface area (Å²) in [4.78, 5) is 11.9. The number of hydrogen-bond donors (Lipinski definition) is 2. The molecule has 156 valence electrons. The molecule has 0 amide bonds. The van der Waals surface area contributed by atoms with E-state index in [9.17, 15) is 4.79 Å². The normalized spacial score (nSPS) is 10.5. The summed E-state index contributed by atoms with van der Waals surface area (Å²) in [5.41, 5.74) is 2.24. The molecule has 2 rings (SSSR count). The van der Waals surface area contributed by atoms with E-state index in [-0.39, 0.29) is 6.10 Å². The number of ether oxygens (including phenoxy) is 2. The van der Waals surface area contributed by atoms with E-state index >= 15 is 0 Å². The van der Waals surface area contributed by atoms with Gasteiger partial charge in [0, 0.05) is 12.2 Å². The Balaban J connectivity index is 1.77. The number of aryl methyl sites for hydroxylation is 1. The molecule has 2 aromatic carbocycles. The molecule has 29 heavy (non-hydrogen) atoms. The van der Waals surface area contributed by atoms with E-state index in [2.05, 4.69) is 22.8 Å². The molecule has 0 aliphatic rings. The van der Waals surface area contributed by atoms with Crippen LogP contribution in [-0.4, -0.2) is 30.3 Å². The van der Waals surface area contributed by atoms with Crippen LogP contribution in [0.5, 0.6) is 5.75 Å². The molecule has 2 aromatic rings. The fourth-order valence-electron chi connectivity index (χ4n) is 2.64. The Morgan fingerprint density at radius 1 is 1.17 bits per heavy atom. The van der Waals surface area contributed by atoms with E-state index in [1.54, 1.807) is 25.1 Å². The van der Waals surface area contributed by atoms with E-state index in [0.717, 1.165) is 25.1 Å². The molecule has 0 bridgehead atoms. The molecular formula is C22H27ClN2O3S. The monoisotopic (exact) mass is 434 g/mol. The number of carbonyl (C=O) groups is 1. The number of halogens is 1. The lowest BCUT2D eigenvalue weighted by Gasteiger charge is -2.12. The highest BCUT2D eigenvalue weighted by Crippen LogP contribution is 2.21. The van der Waals surface area contributed by atoms with Crippen LogP contribution >= 0.6 is 23.8 Å². The predicted molar refractivity (Wildman–Crippen MR) is 122 cm³/mol. The van der Waals surface area contributed by atoms with Gasteiger partial charge in [0.15, 0.2) is 5.11 Å². The zero-order chi connectivity index (χ0) is 21.2. The predicted octanol–water partition coefficient (Wildman–Crippen LogP) is 5.22. The average Bonchev–Trinajstić information content (AvgIpc) is 2.67. The van der Waals surface area contributed by atoms with Gasteiger partial charge in [0.1, 0.15) is 5.75 Å². The molecule has 2 N–H and O–H groups in total. The quantitative estimate of drug-likeness (QED) is 0.320. The molecule has 0 spiro atoms. The summed E-state index contributed by atoms with van der Waals surface area (Å²) < 4.78 is 10.7. The van der Waals surface area contributed by atoms with Crippen molar-refractivity contribution in [2.45, 2.75) is 39.7 Å². The first-order valence-electron chi connectivity index (χ1n) is 9.66. The Morgan fingerprint density at radius 3 is 2.55 bits per heavy atom. The van der Waals surface area contributed by atoms with Crippen LogP contribution in [0.15, 0.2) is 42.5 Å². The number of nitrogens with one attached hydrogen (secondary N) is 2. The van der Waals surface area contributed by atoms with Gasteiger partial charge in [-0.2, -0.15) is 0 Å². The molecule has 0 saturated heterocycles.